The minimum atomic E-state index is 0.170. The Kier molecular flexibility index (Phi) is 4.13. The lowest BCUT2D eigenvalue weighted by Gasteiger charge is -2.39. The van der Waals surface area contributed by atoms with Crippen molar-refractivity contribution in [3.63, 3.8) is 0 Å². The molecule has 2 aliphatic rings. The van der Waals surface area contributed by atoms with Gasteiger partial charge in [0.05, 0.1) is 10.9 Å². The van der Waals surface area contributed by atoms with Gasteiger partial charge in [0, 0.05) is 39.1 Å². The molecule has 1 aromatic carbocycles. The number of fused-ring (bicyclic) bond motifs is 5. The van der Waals surface area contributed by atoms with E-state index >= 15 is 0 Å². The van der Waals surface area contributed by atoms with E-state index in [4.69, 9.17) is 0 Å². The highest BCUT2D eigenvalue weighted by molar-refractivity contribution is 6.06. The maximum atomic E-state index is 13.9. The van der Waals surface area contributed by atoms with E-state index in [1.165, 1.54) is 17.0 Å². The summed E-state index contributed by atoms with van der Waals surface area (Å²) in [5.74, 6) is 2.27. The monoisotopic (exact) mass is 386 g/mol. The fourth-order valence-corrected chi connectivity index (χ4v) is 5.64. The molecule has 2 aromatic heterocycles. The van der Waals surface area contributed by atoms with Crippen LogP contribution in [0.1, 0.15) is 40.5 Å². The first-order chi connectivity index (χ1) is 13.9. The Morgan fingerprint density at radius 3 is 2.59 bits per heavy atom. The molecule has 2 heterocycles. The number of benzene rings is 1. The van der Waals surface area contributed by atoms with Crippen molar-refractivity contribution in [2.24, 2.45) is 30.7 Å². The van der Waals surface area contributed by atoms with Crippen LogP contribution in [0.15, 0.2) is 16.9 Å². The second kappa shape index (κ2) is 6.48. The zero-order valence-electron chi connectivity index (χ0n) is 18.0. The summed E-state index contributed by atoms with van der Waals surface area (Å²) >= 11 is 0. The zero-order chi connectivity index (χ0) is 20.4. The number of H-pyrrole nitrogens is 1. The van der Waals surface area contributed by atoms with Crippen molar-refractivity contribution in [3.05, 3.63) is 43.5 Å². The molecule has 29 heavy (non-hydrogen) atoms. The van der Waals surface area contributed by atoms with Crippen molar-refractivity contribution in [1.29, 1.82) is 0 Å². The van der Waals surface area contributed by atoms with Gasteiger partial charge in [0.1, 0.15) is 0 Å². The predicted molar refractivity (Wildman–Crippen MR) is 123 cm³/mol. The standard InChI is InChI=1S/C26H30N2O/c1-6-20-18(13-17-15(3)12-16(17)4)26(29)25-21(27-20)8-10-23-24(25)19-11-14(2)7-9-22(19)28(23)5/h6,8-11,13-17,27H,7,12H2,1-5H3/b18-13+,20-6+. The van der Waals surface area contributed by atoms with Gasteiger partial charge in [-0.2, -0.15) is 0 Å². The number of pyridine rings is 1. The molecule has 0 amide bonds. The number of aromatic amines is 1. The summed E-state index contributed by atoms with van der Waals surface area (Å²) in [5.41, 5.74) is 2.24. The Hall–Kier alpha value is -2.55. The highest BCUT2D eigenvalue weighted by Crippen LogP contribution is 2.40. The molecular weight excluding hydrogens is 356 g/mol. The summed E-state index contributed by atoms with van der Waals surface area (Å²) in [7, 11) is 2.11. The van der Waals surface area contributed by atoms with Gasteiger partial charge in [-0.15, -0.1) is 0 Å². The molecule has 0 aliphatic heterocycles. The minimum Gasteiger partial charge on any atom is -0.355 e. The summed E-state index contributed by atoms with van der Waals surface area (Å²) in [6.07, 6.45) is 11.2. The molecule has 3 unspecified atom stereocenters. The summed E-state index contributed by atoms with van der Waals surface area (Å²) in [6, 6.07) is 4.22. The van der Waals surface area contributed by atoms with E-state index in [0.29, 0.717) is 23.7 Å². The van der Waals surface area contributed by atoms with Crippen molar-refractivity contribution in [2.45, 2.75) is 40.5 Å². The topological polar surface area (TPSA) is 37.8 Å². The van der Waals surface area contributed by atoms with Gasteiger partial charge in [-0.25, -0.2) is 0 Å². The van der Waals surface area contributed by atoms with Crippen molar-refractivity contribution < 1.29 is 0 Å². The Balaban J connectivity index is 1.99. The van der Waals surface area contributed by atoms with Crippen LogP contribution in [-0.2, 0) is 7.05 Å². The number of nitrogens with zero attached hydrogens (tertiary/aromatic N) is 1. The molecule has 1 N–H and O–H groups in total. The molecule has 1 saturated carbocycles. The molecule has 5 rings (SSSR count). The first kappa shape index (κ1) is 18.5. The third kappa shape index (κ3) is 2.59. The van der Waals surface area contributed by atoms with Crippen molar-refractivity contribution in [3.8, 4) is 0 Å². The molecule has 3 nitrogen and oxygen atoms in total. The van der Waals surface area contributed by atoms with Gasteiger partial charge in [-0.05, 0) is 55.6 Å². The number of hydrogen-bond acceptors (Lipinski definition) is 1. The molecule has 0 spiro atoms. The van der Waals surface area contributed by atoms with Crippen LogP contribution in [0.3, 0.4) is 0 Å². The smallest absolute Gasteiger partial charge is 0.197 e. The third-order valence-electron chi connectivity index (χ3n) is 7.32. The van der Waals surface area contributed by atoms with Gasteiger partial charge in [0.15, 0.2) is 5.43 Å². The molecule has 0 saturated heterocycles. The van der Waals surface area contributed by atoms with Crippen LogP contribution in [0.25, 0.3) is 46.1 Å². The van der Waals surface area contributed by atoms with Gasteiger partial charge in [-0.3, -0.25) is 4.79 Å². The fourth-order valence-electron chi connectivity index (χ4n) is 5.64. The van der Waals surface area contributed by atoms with Crippen molar-refractivity contribution in [2.75, 3.05) is 0 Å². The highest BCUT2D eigenvalue weighted by Gasteiger charge is 2.32. The van der Waals surface area contributed by atoms with Crippen LogP contribution in [0.4, 0.5) is 0 Å². The fraction of sp³-hybridized carbons (Fsp3) is 0.423. The Labute approximate surface area is 170 Å². The first-order valence-electron chi connectivity index (χ1n) is 10.9. The van der Waals surface area contributed by atoms with E-state index in [0.717, 1.165) is 38.8 Å². The third-order valence-corrected chi connectivity index (χ3v) is 7.32. The van der Waals surface area contributed by atoms with Crippen LogP contribution < -0.4 is 26.6 Å². The lowest BCUT2D eigenvalue weighted by atomic mass is 9.66. The van der Waals surface area contributed by atoms with Gasteiger partial charge in [0.2, 0.25) is 0 Å². The molecule has 150 valence electrons. The summed E-state index contributed by atoms with van der Waals surface area (Å²) in [6.45, 7) is 8.85. The number of nitrogens with one attached hydrogen (secondary N) is 1. The zero-order valence-corrected chi connectivity index (χ0v) is 18.0. The van der Waals surface area contributed by atoms with Crippen LogP contribution in [0.5, 0.6) is 0 Å². The predicted octanol–water partition coefficient (Wildman–Crippen LogP) is 2.49. The summed E-state index contributed by atoms with van der Waals surface area (Å²) in [5, 5.41) is 6.21. The number of rotatable bonds is 1. The molecule has 2 aliphatic carbocycles. The van der Waals surface area contributed by atoms with E-state index in [9.17, 15) is 4.79 Å². The van der Waals surface area contributed by atoms with Crippen molar-refractivity contribution >= 4 is 46.1 Å². The Bertz CT molecular complexity index is 1440. The molecule has 3 heteroatoms. The number of aryl methyl sites for hydroxylation is 1. The molecule has 0 radical (unpaired) electrons. The Morgan fingerprint density at radius 2 is 1.90 bits per heavy atom. The van der Waals surface area contributed by atoms with Gasteiger partial charge in [0.25, 0.3) is 0 Å². The van der Waals surface area contributed by atoms with E-state index in [1.807, 2.05) is 13.0 Å². The lowest BCUT2D eigenvalue weighted by Crippen LogP contribution is -2.44. The second-order valence-electron chi connectivity index (χ2n) is 9.33. The molecule has 3 atom stereocenters. The van der Waals surface area contributed by atoms with Crippen LogP contribution >= 0.6 is 0 Å². The van der Waals surface area contributed by atoms with E-state index in [2.05, 4.69) is 67.7 Å². The Morgan fingerprint density at radius 1 is 1.14 bits per heavy atom. The maximum absolute atomic E-state index is 13.9. The SMILES string of the molecule is C/C=c1/[nH]c2ccc3c(c4c(n3C)=CCC(C)C=4)c2c(=O)/c1=C/C1C(C)CC1C. The van der Waals surface area contributed by atoms with E-state index < -0.39 is 0 Å². The average Bonchev–Trinajstić information content (AvgIpc) is 2.98. The van der Waals surface area contributed by atoms with E-state index in [1.54, 1.807) is 0 Å². The molecule has 0 bridgehead atoms. The summed E-state index contributed by atoms with van der Waals surface area (Å²) < 4.78 is 2.24. The van der Waals surface area contributed by atoms with Crippen LogP contribution in [0.2, 0.25) is 0 Å². The van der Waals surface area contributed by atoms with Gasteiger partial charge < -0.3 is 9.55 Å². The number of aromatic nitrogens is 2. The largest absolute Gasteiger partial charge is 0.355 e. The van der Waals surface area contributed by atoms with Crippen LogP contribution in [-0.4, -0.2) is 9.55 Å². The highest BCUT2D eigenvalue weighted by atomic mass is 16.1. The average molecular weight is 387 g/mol. The van der Waals surface area contributed by atoms with Crippen LogP contribution in [0, 0.1) is 23.7 Å². The first-order valence-corrected chi connectivity index (χ1v) is 10.9. The van der Waals surface area contributed by atoms with E-state index in [-0.39, 0.29) is 5.43 Å². The lowest BCUT2D eigenvalue weighted by molar-refractivity contribution is 0.162. The minimum absolute atomic E-state index is 0.170. The molecular formula is C26H30N2O. The van der Waals surface area contributed by atoms with Gasteiger partial charge >= 0.3 is 0 Å². The maximum Gasteiger partial charge on any atom is 0.197 e. The quantitative estimate of drug-likeness (QED) is 0.686. The molecule has 1 fully saturated rings. The normalized spacial score (nSPS) is 27.6. The van der Waals surface area contributed by atoms with Crippen molar-refractivity contribution in [1.82, 2.24) is 9.55 Å². The molecule has 3 aromatic rings. The summed E-state index contributed by atoms with van der Waals surface area (Å²) in [4.78, 5) is 17.5. The number of hydrogen-bond donors (Lipinski definition) is 1. The second-order valence-corrected chi connectivity index (χ2v) is 9.33. The van der Waals surface area contributed by atoms with Gasteiger partial charge in [-0.1, -0.05) is 45.1 Å².